The molecule has 0 unspecified atom stereocenters. The fourth-order valence-electron chi connectivity index (χ4n) is 1.63. The molecular weight excluding hydrogens is 341 g/mol. The molecule has 18 heavy (non-hydrogen) atoms. The van der Waals surface area contributed by atoms with Gasteiger partial charge < -0.3 is 15.8 Å². The predicted octanol–water partition coefficient (Wildman–Crippen LogP) is 2.37. The van der Waals surface area contributed by atoms with Crippen LogP contribution in [0.25, 0.3) is 0 Å². The average molecular weight is 369 g/mol. The van der Waals surface area contributed by atoms with Crippen LogP contribution in [-0.2, 0) is 4.74 Å². The van der Waals surface area contributed by atoms with Gasteiger partial charge in [0.25, 0.3) is 0 Å². The van der Waals surface area contributed by atoms with Crippen LogP contribution < -0.4 is 11.1 Å². The van der Waals surface area contributed by atoms with E-state index in [1.807, 2.05) is 0 Å². The second kappa shape index (κ2) is 10.8. The first kappa shape index (κ1) is 18.0. The molecule has 0 aromatic carbocycles. The second-order valence-electron chi connectivity index (χ2n) is 5.24. The monoisotopic (exact) mass is 369 g/mol. The number of nitrogens with two attached hydrogens (primary N) is 1. The van der Waals surface area contributed by atoms with Crippen LogP contribution in [0.1, 0.15) is 39.5 Å². The number of halogens is 1. The maximum Gasteiger partial charge on any atom is 0.188 e. The molecule has 0 amide bonds. The van der Waals surface area contributed by atoms with Crippen molar-refractivity contribution in [1.29, 1.82) is 0 Å². The minimum Gasteiger partial charge on any atom is -0.380 e. The fraction of sp³-hybridized carbons (Fsp3) is 0.923. The lowest BCUT2D eigenvalue weighted by atomic mass is 9.86. The van der Waals surface area contributed by atoms with Crippen LogP contribution in [0.5, 0.6) is 0 Å². The number of nitrogens with zero attached hydrogens (tertiary/aromatic N) is 1. The van der Waals surface area contributed by atoms with Crippen LogP contribution in [0.4, 0.5) is 0 Å². The van der Waals surface area contributed by atoms with E-state index in [1.165, 1.54) is 19.3 Å². The zero-order valence-corrected chi connectivity index (χ0v) is 14.0. The van der Waals surface area contributed by atoms with Gasteiger partial charge in [-0.2, -0.15) is 0 Å². The molecule has 0 bridgehead atoms. The summed E-state index contributed by atoms with van der Waals surface area (Å²) in [6.07, 6.45) is 5.10. The molecule has 0 atom stereocenters. The minimum atomic E-state index is 0. The van der Waals surface area contributed by atoms with Crippen molar-refractivity contribution < 1.29 is 4.74 Å². The summed E-state index contributed by atoms with van der Waals surface area (Å²) in [5, 5.41) is 3.08. The van der Waals surface area contributed by atoms with Gasteiger partial charge in [0.2, 0.25) is 0 Å². The molecule has 1 aliphatic rings. The largest absolute Gasteiger partial charge is 0.380 e. The van der Waals surface area contributed by atoms with Gasteiger partial charge >= 0.3 is 0 Å². The molecule has 0 saturated heterocycles. The number of aliphatic imine (C=N–C) groups is 1. The SMILES string of the molecule is CC(C)CCOCCNC(N)=NCC1CCC1.I. The van der Waals surface area contributed by atoms with E-state index in [2.05, 4.69) is 24.2 Å². The second-order valence-corrected chi connectivity index (χ2v) is 5.24. The third-order valence-electron chi connectivity index (χ3n) is 3.14. The van der Waals surface area contributed by atoms with Crippen molar-refractivity contribution in [3.63, 3.8) is 0 Å². The molecule has 0 spiro atoms. The van der Waals surface area contributed by atoms with Gasteiger partial charge in [-0.3, -0.25) is 4.99 Å². The number of hydrogen-bond acceptors (Lipinski definition) is 2. The zero-order chi connectivity index (χ0) is 12.5. The highest BCUT2D eigenvalue weighted by molar-refractivity contribution is 14.0. The van der Waals surface area contributed by atoms with E-state index in [9.17, 15) is 0 Å². The molecule has 0 aliphatic heterocycles. The molecule has 1 saturated carbocycles. The Morgan fingerprint density at radius 1 is 1.39 bits per heavy atom. The van der Waals surface area contributed by atoms with Gasteiger partial charge in [0.1, 0.15) is 0 Å². The third-order valence-corrected chi connectivity index (χ3v) is 3.14. The van der Waals surface area contributed by atoms with E-state index < -0.39 is 0 Å². The van der Waals surface area contributed by atoms with Crippen molar-refractivity contribution in [2.24, 2.45) is 22.6 Å². The molecule has 0 aromatic heterocycles. The van der Waals surface area contributed by atoms with Crippen molar-refractivity contribution in [3.8, 4) is 0 Å². The average Bonchev–Trinajstić information content (AvgIpc) is 2.20. The van der Waals surface area contributed by atoms with Crippen LogP contribution in [0.15, 0.2) is 4.99 Å². The van der Waals surface area contributed by atoms with Crippen molar-refractivity contribution in [2.75, 3.05) is 26.3 Å². The number of nitrogens with one attached hydrogen (secondary N) is 1. The van der Waals surface area contributed by atoms with E-state index in [-0.39, 0.29) is 24.0 Å². The molecular formula is C13H28IN3O. The number of guanidine groups is 1. The van der Waals surface area contributed by atoms with Crippen LogP contribution in [-0.4, -0.2) is 32.3 Å². The zero-order valence-electron chi connectivity index (χ0n) is 11.7. The molecule has 108 valence electrons. The topological polar surface area (TPSA) is 59.6 Å². The smallest absolute Gasteiger partial charge is 0.188 e. The van der Waals surface area contributed by atoms with Crippen LogP contribution in [0.3, 0.4) is 0 Å². The van der Waals surface area contributed by atoms with Crippen LogP contribution in [0.2, 0.25) is 0 Å². The molecule has 3 N–H and O–H groups in total. The summed E-state index contributed by atoms with van der Waals surface area (Å²) in [5.74, 6) is 2.04. The fourth-order valence-corrected chi connectivity index (χ4v) is 1.63. The molecule has 0 radical (unpaired) electrons. The van der Waals surface area contributed by atoms with Crippen LogP contribution in [0, 0.1) is 11.8 Å². The summed E-state index contributed by atoms with van der Waals surface area (Å²) in [4.78, 5) is 4.32. The van der Waals surface area contributed by atoms with Crippen molar-refractivity contribution in [3.05, 3.63) is 0 Å². The van der Waals surface area contributed by atoms with Gasteiger partial charge in [0.15, 0.2) is 5.96 Å². The van der Waals surface area contributed by atoms with Crippen molar-refractivity contribution in [1.82, 2.24) is 5.32 Å². The van der Waals surface area contributed by atoms with Gasteiger partial charge in [-0.05, 0) is 31.1 Å². The number of rotatable bonds is 8. The number of hydrogen-bond donors (Lipinski definition) is 2. The van der Waals surface area contributed by atoms with Gasteiger partial charge in [0.05, 0.1) is 6.61 Å². The van der Waals surface area contributed by atoms with E-state index in [0.29, 0.717) is 18.5 Å². The predicted molar refractivity (Wildman–Crippen MR) is 87.5 cm³/mol. The van der Waals surface area contributed by atoms with Crippen LogP contribution >= 0.6 is 24.0 Å². The summed E-state index contributed by atoms with van der Waals surface area (Å²) in [5.41, 5.74) is 5.75. The highest BCUT2D eigenvalue weighted by Gasteiger charge is 2.16. The Hall–Kier alpha value is -0.0400. The quantitative estimate of drug-likeness (QED) is 0.299. The minimum absolute atomic E-state index is 0. The third kappa shape index (κ3) is 8.97. The van der Waals surface area contributed by atoms with E-state index in [1.54, 1.807) is 0 Å². The Kier molecular flexibility index (Phi) is 10.8. The van der Waals surface area contributed by atoms with Crippen molar-refractivity contribution >= 4 is 29.9 Å². The Labute approximate surface area is 128 Å². The molecule has 5 heteroatoms. The van der Waals surface area contributed by atoms with Gasteiger partial charge in [-0.15, -0.1) is 24.0 Å². The lowest BCUT2D eigenvalue weighted by Gasteiger charge is -2.23. The Morgan fingerprint density at radius 2 is 2.11 bits per heavy atom. The van der Waals surface area contributed by atoms with Gasteiger partial charge in [-0.25, -0.2) is 0 Å². The normalized spacial score (nSPS) is 16.3. The molecule has 0 aromatic rings. The summed E-state index contributed by atoms with van der Waals surface area (Å²) in [7, 11) is 0. The molecule has 1 aliphatic carbocycles. The Bertz CT molecular complexity index is 230. The lowest BCUT2D eigenvalue weighted by molar-refractivity contribution is 0.128. The Balaban J connectivity index is 0.00000289. The standard InChI is InChI=1S/C13H27N3O.HI/c1-11(2)6-8-17-9-7-15-13(14)16-10-12-4-3-5-12;/h11-12H,3-10H2,1-2H3,(H3,14,15,16);1H. The van der Waals surface area contributed by atoms with E-state index >= 15 is 0 Å². The first-order valence-electron chi connectivity index (χ1n) is 6.80. The summed E-state index contributed by atoms with van der Waals surface area (Å²) < 4.78 is 5.48. The first-order chi connectivity index (χ1) is 8.18. The molecule has 4 nitrogen and oxygen atoms in total. The molecule has 1 fully saturated rings. The summed E-state index contributed by atoms with van der Waals surface area (Å²) in [6.45, 7) is 7.56. The highest BCUT2D eigenvalue weighted by Crippen LogP contribution is 2.26. The highest BCUT2D eigenvalue weighted by atomic mass is 127. The summed E-state index contributed by atoms with van der Waals surface area (Å²) >= 11 is 0. The van der Waals surface area contributed by atoms with Gasteiger partial charge in [0, 0.05) is 19.7 Å². The molecule has 1 rings (SSSR count). The first-order valence-corrected chi connectivity index (χ1v) is 6.80. The summed E-state index contributed by atoms with van der Waals surface area (Å²) in [6, 6.07) is 0. The van der Waals surface area contributed by atoms with E-state index in [4.69, 9.17) is 10.5 Å². The Morgan fingerprint density at radius 3 is 2.67 bits per heavy atom. The number of ether oxygens (including phenoxy) is 1. The maximum absolute atomic E-state index is 5.75. The van der Waals surface area contributed by atoms with Crippen molar-refractivity contribution in [2.45, 2.75) is 39.5 Å². The van der Waals surface area contributed by atoms with E-state index in [0.717, 1.165) is 32.0 Å². The van der Waals surface area contributed by atoms with Gasteiger partial charge in [-0.1, -0.05) is 20.3 Å². The molecule has 0 heterocycles. The lowest BCUT2D eigenvalue weighted by Crippen LogP contribution is -2.35. The maximum atomic E-state index is 5.75.